The first kappa shape index (κ1) is 23.5. The number of hydrogen-bond acceptors (Lipinski definition) is 6. The summed E-state index contributed by atoms with van der Waals surface area (Å²) in [6, 6.07) is 18.3. The Hall–Kier alpha value is -4.66. The van der Waals surface area contributed by atoms with Crippen LogP contribution in [0.15, 0.2) is 66.9 Å². The largest absolute Gasteiger partial charge is 0.497 e. The zero-order valence-electron chi connectivity index (χ0n) is 19.5. The Labute approximate surface area is 202 Å². The number of methoxy groups -OCH3 is 1. The van der Waals surface area contributed by atoms with E-state index < -0.39 is 5.97 Å². The fourth-order valence-corrected chi connectivity index (χ4v) is 3.59. The Balaban J connectivity index is 1.61. The molecule has 2 heterocycles. The summed E-state index contributed by atoms with van der Waals surface area (Å²) in [6.45, 7) is 0.171. The maximum Gasteiger partial charge on any atom is 0.358 e. The second-order valence-electron chi connectivity index (χ2n) is 7.68. The Morgan fingerprint density at radius 3 is 2.20 bits per heavy atom. The standard InChI is InChI=1S/C26H24N4O5/c1-27-25(31)21-13-10-19(14-28-21)17-6-8-18(9-7-17)22-24(23(26(32)33)30(2)29-22)35-15-16-4-11-20(34-3)12-5-16/h4-14H,15H2,1-3H3,(H,27,31)(H,32,33). The molecule has 0 bridgehead atoms. The number of ether oxygens (including phenoxy) is 2. The molecule has 2 aromatic heterocycles. The van der Waals surface area contributed by atoms with Gasteiger partial charge in [-0.2, -0.15) is 5.10 Å². The van der Waals surface area contributed by atoms with Crippen molar-refractivity contribution in [3.8, 4) is 33.9 Å². The van der Waals surface area contributed by atoms with Crippen LogP contribution in [0.25, 0.3) is 22.4 Å². The minimum atomic E-state index is -1.13. The number of amides is 1. The van der Waals surface area contributed by atoms with Gasteiger partial charge in [0.15, 0.2) is 11.4 Å². The predicted octanol–water partition coefficient (Wildman–Crippen LogP) is 3.79. The molecule has 2 N–H and O–H groups in total. The summed E-state index contributed by atoms with van der Waals surface area (Å²) in [5, 5.41) is 16.7. The van der Waals surface area contributed by atoms with E-state index in [9.17, 15) is 14.7 Å². The van der Waals surface area contributed by atoms with Gasteiger partial charge in [0.2, 0.25) is 0 Å². The summed E-state index contributed by atoms with van der Waals surface area (Å²) in [6.07, 6.45) is 1.63. The number of nitrogens with one attached hydrogen (secondary N) is 1. The summed E-state index contributed by atoms with van der Waals surface area (Å²) in [4.78, 5) is 27.8. The highest BCUT2D eigenvalue weighted by molar-refractivity contribution is 5.93. The van der Waals surface area contributed by atoms with Gasteiger partial charge in [-0.1, -0.05) is 42.5 Å². The average molecular weight is 473 g/mol. The van der Waals surface area contributed by atoms with Crippen molar-refractivity contribution < 1.29 is 24.2 Å². The predicted molar refractivity (Wildman–Crippen MR) is 130 cm³/mol. The maximum atomic E-state index is 11.9. The van der Waals surface area contributed by atoms with E-state index in [2.05, 4.69) is 15.4 Å². The van der Waals surface area contributed by atoms with E-state index in [1.165, 1.54) is 4.68 Å². The number of aromatic nitrogens is 3. The number of pyridine rings is 1. The topological polar surface area (TPSA) is 116 Å². The van der Waals surface area contributed by atoms with Gasteiger partial charge in [-0.25, -0.2) is 4.79 Å². The molecule has 2 aromatic carbocycles. The quantitative estimate of drug-likeness (QED) is 0.401. The van der Waals surface area contributed by atoms with Crippen molar-refractivity contribution >= 4 is 11.9 Å². The first-order valence-corrected chi connectivity index (χ1v) is 10.8. The molecule has 4 rings (SSSR count). The van der Waals surface area contributed by atoms with E-state index in [4.69, 9.17) is 9.47 Å². The smallest absolute Gasteiger partial charge is 0.358 e. The molecule has 0 spiro atoms. The molecule has 0 unspecified atom stereocenters. The van der Waals surface area contributed by atoms with E-state index in [0.29, 0.717) is 17.0 Å². The summed E-state index contributed by atoms with van der Waals surface area (Å²) in [7, 11) is 4.72. The Morgan fingerprint density at radius 1 is 0.971 bits per heavy atom. The van der Waals surface area contributed by atoms with E-state index >= 15 is 0 Å². The van der Waals surface area contributed by atoms with Gasteiger partial charge < -0.3 is 19.9 Å². The third-order valence-corrected chi connectivity index (χ3v) is 5.46. The Kier molecular flexibility index (Phi) is 6.77. The molecule has 0 fully saturated rings. The number of benzene rings is 2. The molecule has 178 valence electrons. The fourth-order valence-electron chi connectivity index (χ4n) is 3.59. The van der Waals surface area contributed by atoms with Crippen LogP contribution < -0.4 is 14.8 Å². The van der Waals surface area contributed by atoms with Crippen LogP contribution in [0.4, 0.5) is 0 Å². The van der Waals surface area contributed by atoms with Crippen molar-refractivity contribution in [1.29, 1.82) is 0 Å². The Morgan fingerprint density at radius 2 is 1.63 bits per heavy atom. The van der Waals surface area contributed by atoms with Crippen LogP contribution >= 0.6 is 0 Å². The molecule has 0 atom stereocenters. The van der Waals surface area contributed by atoms with Crippen LogP contribution in [0, 0.1) is 0 Å². The van der Waals surface area contributed by atoms with Crippen molar-refractivity contribution in [3.05, 3.63) is 83.8 Å². The van der Waals surface area contributed by atoms with E-state index in [-0.39, 0.29) is 24.0 Å². The van der Waals surface area contributed by atoms with Crippen molar-refractivity contribution in [1.82, 2.24) is 20.1 Å². The van der Waals surface area contributed by atoms with E-state index in [1.54, 1.807) is 33.5 Å². The minimum absolute atomic E-state index is 0.0356. The van der Waals surface area contributed by atoms with Gasteiger partial charge in [0.1, 0.15) is 23.7 Å². The van der Waals surface area contributed by atoms with Gasteiger partial charge in [0.05, 0.1) is 7.11 Å². The van der Waals surface area contributed by atoms with Gasteiger partial charge in [-0.15, -0.1) is 0 Å². The van der Waals surface area contributed by atoms with Gasteiger partial charge in [-0.3, -0.25) is 14.5 Å². The number of hydrogen-bond donors (Lipinski definition) is 2. The summed E-state index contributed by atoms with van der Waals surface area (Å²) in [5.74, 6) is -0.464. The lowest BCUT2D eigenvalue weighted by Gasteiger charge is -2.09. The number of aryl methyl sites for hydroxylation is 1. The van der Waals surface area contributed by atoms with Crippen molar-refractivity contribution in [2.75, 3.05) is 14.2 Å². The van der Waals surface area contributed by atoms with E-state index in [0.717, 1.165) is 22.4 Å². The average Bonchev–Trinajstić information content (AvgIpc) is 3.23. The molecule has 0 aliphatic rings. The third-order valence-electron chi connectivity index (χ3n) is 5.46. The number of carbonyl (C=O) groups is 2. The first-order valence-electron chi connectivity index (χ1n) is 10.8. The molecule has 35 heavy (non-hydrogen) atoms. The highest BCUT2D eigenvalue weighted by Crippen LogP contribution is 2.34. The molecular formula is C26H24N4O5. The van der Waals surface area contributed by atoms with Crippen LogP contribution in [0.5, 0.6) is 11.5 Å². The summed E-state index contributed by atoms with van der Waals surface area (Å²) in [5.41, 5.74) is 4.02. The van der Waals surface area contributed by atoms with Crippen LogP contribution in [0.3, 0.4) is 0 Å². The number of rotatable bonds is 8. The molecule has 1 amide bonds. The van der Waals surface area contributed by atoms with Crippen LogP contribution in [-0.4, -0.2) is 45.9 Å². The number of carbonyl (C=O) groups excluding carboxylic acids is 1. The highest BCUT2D eigenvalue weighted by Gasteiger charge is 2.24. The first-order chi connectivity index (χ1) is 16.9. The maximum absolute atomic E-state index is 11.9. The van der Waals surface area contributed by atoms with Gasteiger partial charge in [-0.05, 0) is 29.3 Å². The lowest BCUT2D eigenvalue weighted by atomic mass is 10.0. The molecule has 0 saturated heterocycles. The van der Waals surface area contributed by atoms with Crippen LogP contribution in [0.2, 0.25) is 0 Å². The molecular weight excluding hydrogens is 448 g/mol. The highest BCUT2D eigenvalue weighted by atomic mass is 16.5. The lowest BCUT2D eigenvalue weighted by molar-refractivity contribution is 0.0679. The van der Waals surface area contributed by atoms with Crippen molar-refractivity contribution in [2.24, 2.45) is 7.05 Å². The second-order valence-corrected chi connectivity index (χ2v) is 7.68. The molecule has 9 nitrogen and oxygen atoms in total. The normalized spacial score (nSPS) is 10.6. The molecule has 0 aliphatic carbocycles. The third kappa shape index (κ3) is 4.98. The molecule has 4 aromatic rings. The lowest BCUT2D eigenvalue weighted by Crippen LogP contribution is -2.18. The van der Waals surface area contributed by atoms with Crippen LogP contribution in [0.1, 0.15) is 26.5 Å². The monoisotopic (exact) mass is 472 g/mol. The zero-order chi connectivity index (χ0) is 24.9. The van der Waals surface area contributed by atoms with Gasteiger partial charge >= 0.3 is 5.97 Å². The molecule has 9 heteroatoms. The van der Waals surface area contributed by atoms with Gasteiger partial charge in [0.25, 0.3) is 5.91 Å². The van der Waals surface area contributed by atoms with Gasteiger partial charge in [0, 0.05) is 31.4 Å². The summed E-state index contributed by atoms with van der Waals surface area (Å²) < 4.78 is 12.4. The number of nitrogens with zero attached hydrogens (tertiary/aromatic N) is 3. The Bertz CT molecular complexity index is 1340. The molecule has 0 saturated carbocycles. The van der Waals surface area contributed by atoms with Crippen molar-refractivity contribution in [3.63, 3.8) is 0 Å². The fraction of sp³-hybridized carbons (Fsp3) is 0.154. The molecule has 0 aliphatic heterocycles. The van der Waals surface area contributed by atoms with Crippen LogP contribution in [-0.2, 0) is 13.7 Å². The second kappa shape index (κ2) is 10.1. The number of carboxylic acid groups (broad SMARTS) is 1. The summed E-state index contributed by atoms with van der Waals surface area (Å²) >= 11 is 0. The number of carboxylic acids is 1. The number of aromatic carboxylic acids is 1. The zero-order valence-corrected chi connectivity index (χ0v) is 19.5. The SMILES string of the molecule is CNC(=O)c1ccc(-c2ccc(-c3nn(C)c(C(=O)O)c3OCc3ccc(OC)cc3)cc2)cn1. The van der Waals surface area contributed by atoms with Crippen molar-refractivity contribution in [2.45, 2.75) is 6.61 Å². The minimum Gasteiger partial charge on any atom is -0.497 e. The van der Waals surface area contributed by atoms with E-state index in [1.807, 2.05) is 54.6 Å². The molecule has 0 radical (unpaired) electrons.